The lowest BCUT2D eigenvalue weighted by molar-refractivity contribution is 0.415. The maximum atomic E-state index is 5.98. The molecule has 0 spiro atoms. The molecule has 0 saturated carbocycles. The van der Waals surface area contributed by atoms with Crippen LogP contribution in [0.5, 0.6) is 5.75 Å². The predicted molar refractivity (Wildman–Crippen MR) is 84.5 cm³/mol. The molecule has 0 radical (unpaired) electrons. The van der Waals surface area contributed by atoms with E-state index in [1.807, 2.05) is 30.3 Å². The molecule has 2 aromatic rings. The van der Waals surface area contributed by atoms with Crippen LogP contribution in [0.3, 0.4) is 0 Å². The Kier molecular flexibility index (Phi) is 4.97. The summed E-state index contributed by atoms with van der Waals surface area (Å²) < 4.78 is 6.07. The van der Waals surface area contributed by atoms with E-state index in [1.54, 1.807) is 13.2 Å². The van der Waals surface area contributed by atoms with Crippen molar-refractivity contribution >= 4 is 44.8 Å². The topological polar surface area (TPSA) is 21.3 Å². The van der Waals surface area contributed by atoms with Crippen LogP contribution >= 0.6 is 39.1 Å². The van der Waals surface area contributed by atoms with Gasteiger partial charge in [0.1, 0.15) is 5.75 Å². The van der Waals surface area contributed by atoms with Crippen LogP contribution in [0.1, 0.15) is 5.56 Å². The number of benzene rings is 2. The molecular formula is C14H12BrCl2NO. The van der Waals surface area contributed by atoms with Crippen molar-refractivity contribution in [2.24, 2.45) is 0 Å². The average Bonchev–Trinajstić information content (AvgIpc) is 2.41. The molecule has 0 aromatic heterocycles. The van der Waals surface area contributed by atoms with E-state index < -0.39 is 0 Å². The van der Waals surface area contributed by atoms with Crippen molar-refractivity contribution in [2.45, 2.75) is 6.54 Å². The number of nitrogens with one attached hydrogen (secondary N) is 1. The van der Waals surface area contributed by atoms with E-state index in [9.17, 15) is 0 Å². The lowest BCUT2D eigenvalue weighted by atomic mass is 10.2. The molecule has 5 heteroatoms. The Hall–Kier alpha value is -0.900. The fourth-order valence-corrected chi connectivity index (χ4v) is 2.36. The molecule has 0 unspecified atom stereocenters. The number of rotatable bonds is 4. The standard InChI is InChI=1S/C14H12BrCl2NO/c1-19-14-7-10(3-5-13(14)17)18-8-9-2-4-12(16)11(15)6-9/h2-7,18H,8H2,1H3. The van der Waals surface area contributed by atoms with Gasteiger partial charge in [-0.25, -0.2) is 0 Å². The van der Waals surface area contributed by atoms with Crippen LogP contribution in [0.2, 0.25) is 10.0 Å². The first-order chi connectivity index (χ1) is 9.10. The molecule has 0 aliphatic carbocycles. The predicted octanol–water partition coefficient (Wildman–Crippen LogP) is 5.38. The molecule has 0 saturated heterocycles. The highest BCUT2D eigenvalue weighted by molar-refractivity contribution is 9.10. The van der Waals surface area contributed by atoms with Crippen molar-refractivity contribution < 1.29 is 4.74 Å². The van der Waals surface area contributed by atoms with Crippen LogP contribution in [0.4, 0.5) is 5.69 Å². The summed E-state index contributed by atoms with van der Waals surface area (Å²) in [6, 6.07) is 11.4. The Morgan fingerprint density at radius 3 is 2.53 bits per heavy atom. The Morgan fingerprint density at radius 2 is 1.84 bits per heavy atom. The van der Waals surface area contributed by atoms with Crippen molar-refractivity contribution in [3.8, 4) is 5.75 Å². The second-order valence-corrected chi connectivity index (χ2v) is 5.62. The average molecular weight is 361 g/mol. The number of hydrogen-bond donors (Lipinski definition) is 1. The molecule has 0 atom stereocenters. The highest BCUT2D eigenvalue weighted by Gasteiger charge is 2.03. The minimum absolute atomic E-state index is 0.599. The monoisotopic (exact) mass is 359 g/mol. The molecule has 0 heterocycles. The van der Waals surface area contributed by atoms with Crippen molar-refractivity contribution in [1.82, 2.24) is 0 Å². The number of anilines is 1. The molecule has 0 bridgehead atoms. The van der Waals surface area contributed by atoms with Crippen LogP contribution in [0, 0.1) is 0 Å². The van der Waals surface area contributed by atoms with E-state index in [0.717, 1.165) is 15.7 Å². The van der Waals surface area contributed by atoms with E-state index in [0.29, 0.717) is 22.3 Å². The van der Waals surface area contributed by atoms with Gasteiger partial charge >= 0.3 is 0 Å². The molecule has 0 aliphatic heterocycles. The van der Waals surface area contributed by atoms with Gasteiger partial charge in [0, 0.05) is 22.8 Å². The van der Waals surface area contributed by atoms with Gasteiger partial charge in [0.2, 0.25) is 0 Å². The van der Waals surface area contributed by atoms with E-state index >= 15 is 0 Å². The van der Waals surface area contributed by atoms with Crippen molar-refractivity contribution in [3.05, 3.63) is 56.5 Å². The molecule has 1 N–H and O–H groups in total. The zero-order valence-electron chi connectivity index (χ0n) is 10.2. The van der Waals surface area contributed by atoms with Crippen LogP contribution in [0.25, 0.3) is 0 Å². The third kappa shape index (κ3) is 3.78. The van der Waals surface area contributed by atoms with E-state index in [2.05, 4.69) is 21.2 Å². The van der Waals surface area contributed by atoms with Gasteiger partial charge in [-0.15, -0.1) is 0 Å². The van der Waals surface area contributed by atoms with Gasteiger partial charge in [-0.05, 0) is 45.8 Å². The van der Waals surface area contributed by atoms with Gasteiger partial charge in [-0.2, -0.15) is 0 Å². The summed E-state index contributed by atoms with van der Waals surface area (Å²) in [5, 5.41) is 4.61. The third-order valence-electron chi connectivity index (χ3n) is 2.63. The van der Waals surface area contributed by atoms with Crippen LogP contribution in [-0.2, 0) is 6.54 Å². The number of ether oxygens (including phenoxy) is 1. The first-order valence-electron chi connectivity index (χ1n) is 5.61. The molecule has 100 valence electrons. The van der Waals surface area contributed by atoms with Gasteiger partial charge in [0.15, 0.2) is 0 Å². The van der Waals surface area contributed by atoms with E-state index in [4.69, 9.17) is 27.9 Å². The third-order valence-corrected chi connectivity index (χ3v) is 4.16. The molecule has 19 heavy (non-hydrogen) atoms. The summed E-state index contributed by atoms with van der Waals surface area (Å²) in [5.74, 6) is 0.656. The summed E-state index contributed by atoms with van der Waals surface area (Å²) in [6.07, 6.45) is 0. The Morgan fingerprint density at radius 1 is 1.11 bits per heavy atom. The smallest absolute Gasteiger partial charge is 0.139 e. The zero-order chi connectivity index (χ0) is 13.8. The molecule has 2 rings (SSSR count). The summed E-state index contributed by atoms with van der Waals surface area (Å²) in [4.78, 5) is 0. The molecule has 2 aromatic carbocycles. The molecule has 2 nitrogen and oxygen atoms in total. The lowest BCUT2D eigenvalue weighted by Crippen LogP contribution is -1.99. The van der Waals surface area contributed by atoms with Crippen LogP contribution < -0.4 is 10.1 Å². The zero-order valence-corrected chi connectivity index (χ0v) is 13.3. The molecule has 0 fully saturated rings. The second-order valence-electron chi connectivity index (χ2n) is 3.95. The highest BCUT2D eigenvalue weighted by atomic mass is 79.9. The van der Waals surface area contributed by atoms with Crippen molar-refractivity contribution in [3.63, 3.8) is 0 Å². The normalized spacial score (nSPS) is 10.3. The fraction of sp³-hybridized carbons (Fsp3) is 0.143. The lowest BCUT2D eigenvalue weighted by Gasteiger charge is -2.10. The summed E-state index contributed by atoms with van der Waals surface area (Å²) in [5.41, 5.74) is 2.08. The summed E-state index contributed by atoms with van der Waals surface area (Å²) in [6.45, 7) is 0.695. The maximum Gasteiger partial charge on any atom is 0.139 e. The Bertz CT molecular complexity index is 590. The Labute approximate surface area is 130 Å². The largest absolute Gasteiger partial charge is 0.495 e. The molecule has 0 amide bonds. The summed E-state index contributed by atoms with van der Waals surface area (Å²) in [7, 11) is 1.60. The van der Waals surface area contributed by atoms with Gasteiger partial charge in [-0.3, -0.25) is 0 Å². The van der Waals surface area contributed by atoms with Crippen molar-refractivity contribution in [1.29, 1.82) is 0 Å². The number of hydrogen-bond acceptors (Lipinski definition) is 2. The van der Waals surface area contributed by atoms with Crippen LogP contribution in [-0.4, -0.2) is 7.11 Å². The maximum absolute atomic E-state index is 5.98. The SMILES string of the molecule is COc1cc(NCc2ccc(Cl)c(Br)c2)ccc1Cl. The first-order valence-corrected chi connectivity index (χ1v) is 7.16. The fourth-order valence-electron chi connectivity index (χ4n) is 1.62. The molecule has 0 aliphatic rings. The highest BCUT2D eigenvalue weighted by Crippen LogP contribution is 2.28. The minimum atomic E-state index is 0.599. The second kappa shape index (κ2) is 6.51. The minimum Gasteiger partial charge on any atom is -0.495 e. The quantitative estimate of drug-likeness (QED) is 0.790. The van der Waals surface area contributed by atoms with Gasteiger partial charge < -0.3 is 10.1 Å². The number of methoxy groups -OCH3 is 1. The first kappa shape index (κ1) is 14.5. The van der Waals surface area contributed by atoms with Gasteiger partial charge in [0.25, 0.3) is 0 Å². The van der Waals surface area contributed by atoms with E-state index in [-0.39, 0.29) is 0 Å². The Balaban J connectivity index is 2.07. The number of halogens is 3. The van der Waals surface area contributed by atoms with E-state index in [1.165, 1.54) is 0 Å². The van der Waals surface area contributed by atoms with Gasteiger partial charge in [0.05, 0.1) is 17.2 Å². The van der Waals surface area contributed by atoms with Gasteiger partial charge in [-0.1, -0.05) is 29.3 Å². The van der Waals surface area contributed by atoms with Crippen molar-refractivity contribution in [2.75, 3.05) is 12.4 Å². The molecular weight excluding hydrogens is 349 g/mol. The van der Waals surface area contributed by atoms with Crippen LogP contribution in [0.15, 0.2) is 40.9 Å². The summed E-state index contributed by atoms with van der Waals surface area (Å²) >= 11 is 15.3.